The number of pyridine rings is 1. The number of unbranched alkanes of at least 4 members (excludes halogenated alkanes) is 2. The first-order valence-electron chi connectivity index (χ1n) is 11.8. The van der Waals surface area contributed by atoms with Gasteiger partial charge in [0.25, 0.3) is 5.56 Å². The molecule has 0 amide bonds. The topological polar surface area (TPSA) is 71.7 Å². The molecule has 1 aromatic heterocycles. The molecule has 2 N–H and O–H groups in total. The van der Waals surface area contributed by atoms with E-state index in [4.69, 9.17) is 4.74 Å². The molecule has 0 bridgehead atoms. The first-order valence-corrected chi connectivity index (χ1v) is 11.8. The summed E-state index contributed by atoms with van der Waals surface area (Å²) in [6, 6.07) is 9.27. The molecule has 0 unspecified atom stereocenters. The Hall–Kier alpha value is -2.27. The van der Waals surface area contributed by atoms with Gasteiger partial charge >= 0.3 is 0 Å². The van der Waals surface area contributed by atoms with E-state index in [0.717, 1.165) is 24.3 Å². The minimum Gasteiger partial charge on any atom is -0.507 e. The molecule has 5 nitrogen and oxygen atoms in total. The molecule has 170 valence electrons. The van der Waals surface area contributed by atoms with Crippen molar-refractivity contribution in [2.75, 3.05) is 6.61 Å². The largest absolute Gasteiger partial charge is 0.507 e. The molecular weight excluding hydrogens is 390 g/mol. The van der Waals surface area contributed by atoms with Crippen molar-refractivity contribution < 1.29 is 15.1 Å². The van der Waals surface area contributed by atoms with Crippen LogP contribution < -0.4 is 5.56 Å². The Morgan fingerprint density at radius 3 is 2.61 bits per heavy atom. The van der Waals surface area contributed by atoms with Crippen molar-refractivity contribution in [3.8, 4) is 16.9 Å². The third-order valence-electron chi connectivity index (χ3n) is 6.81. The Bertz CT molecular complexity index is 892. The standard InChI is InChI=1S/C26H37NO4/c1-4-18(2)11-7-5-8-12-20-15-19(3)25(31-17-20)23-24(28)22(16-27(30)26(23)29)21-13-9-6-10-14-21/h6,9-10,13-14,16,18-20,25,28,30H,4-5,7-8,11-12,15,17H2,1-3H3/t18-,19-,20-,25-/m1/s1. The van der Waals surface area contributed by atoms with Gasteiger partial charge in [-0.15, -0.1) is 0 Å². The summed E-state index contributed by atoms with van der Waals surface area (Å²) in [7, 11) is 0. The number of benzene rings is 1. The molecule has 0 aliphatic carbocycles. The van der Waals surface area contributed by atoms with E-state index >= 15 is 0 Å². The molecule has 1 fully saturated rings. The molecule has 0 spiro atoms. The summed E-state index contributed by atoms with van der Waals surface area (Å²) in [5.74, 6) is 1.28. The van der Waals surface area contributed by atoms with E-state index in [2.05, 4.69) is 20.8 Å². The average molecular weight is 428 g/mol. The predicted octanol–water partition coefficient (Wildman–Crippen LogP) is 6.17. The van der Waals surface area contributed by atoms with Crippen LogP contribution in [-0.2, 0) is 4.74 Å². The van der Waals surface area contributed by atoms with Gasteiger partial charge in [0.1, 0.15) is 5.75 Å². The SMILES string of the molecule is CC[C@@H](C)CCCCC[C@H]1CO[C@@H](c2c(O)c(-c3ccccc3)cn(O)c2=O)[C@H](C)C1. The number of hydrogen-bond donors (Lipinski definition) is 2. The minimum atomic E-state index is -0.613. The molecule has 0 radical (unpaired) electrons. The van der Waals surface area contributed by atoms with Crippen LogP contribution in [0.5, 0.6) is 5.75 Å². The summed E-state index contributed by atoms with van der Waals surface area (Å²) >= 11 is 0. The van der Waals surface area contributed by atoms with E-state index in [1.165, 1.54) is 38.3 Å². The van der Waals surface area contributed by atoms with Crippen LogP contribution in [0.1, 0.15) is 77.4 Å². The van der Waals surface area contributed by atoms with Crippen LogP contribution in [-0.4, -0.2) is 21.7 Å². The highest BCUT2D eigenvalue weighted by Crippen LogP contribution is 2.42. The number of nitrogens with zero attached hydrogens (tertiary/aromatic N) is 1. The Balaban J connectivity index is 1.67. The second kappa shape index (κ2) is 10.9. The fourth-order valence-corrected chi connectivity index (χ4v) is 4.69. The Morgan fingerprint density at radius 1 is 1.19 bits per heavy atom. The zero-order valence-corrected chi connectivity index (χ0v) is 19.1. The number of aromatic hydroxyl groups is 1. The van der Waals surface area contributed by atoms with Crippen molar-refractivity contribution in [1.82, 2.24) is 4.73 Å². The van der Waals surface area contributed by atoms with Gasteiger partial charge in [0, 0.05) is 5.56 Å². The fraction of sp³-hybridized carbons (Fsp3) is 0.577. The fourth-order valence-electron chi connectivity index (χ4n) is 4.69. The van der Waals surface area contributed by atoms with Crippen molar-refractivity contribution in [1.29, 1.82) is 0 Å². The molecule has 5 heteroatoms. The van der Waals surface area contributed by atoms with E-state index in [0.29, 0.717) is 22.8 Å². The quantitative estimate of drug-likeness (QED) is 0.371. The van der Waals surface area contributed by atoms with Crippen molar-refractivity contribution in [2.45, 2.75) is 71.8 Å². The summed E-state index contributed by atoms with van der Waals surface area (Å²) in [4.78, 5) is 12.7. The maximum absolute atomic E-state index is 12.7. The minimum absolute atomic E-state index is 0.0866. The Labute approximate surface area is 185 Å². The third-order valence-corrected chi connectivity index (χ3v) is 6.81. The zero-order chi connectivity index (χ0) is 22.4. The van der Waals surface area contributed by atoms with Crippen LogP contribution in [0.25, 0.3) is 11.1 Å². The summed E-state index contributed by atoms with van der Waals surface area (Å²) < 4.78 is 6.69. The van der Waals surface area contributed by atoms with Crippen LogP contribution >= 0.6 is 0 Å². The Kier molecular flexibility index (Phi) is 8.19. The molecule has 2 aromatic rings. The lowest BCUT2D eigenvalue weighted by molar-refractivity contribution is -0.0576. The molecule has 31 heavy (non-hydrogen) atoms. The van der Waals surface area contributed by atoms with Gasteiger partial charge in [-0.05, 0) is 36.2 Å². The maximum atomic E-state index is 12.7. The van der Waals surface area contributed by atoms with Crippen LogP contribution in [0.4, 0.5) is 0 Å². The predicted molar refractivity (Wildman–Crippen MR) is 123 cm³/mol. The molecule has 0 saturated carbocycles. The highest BCUT2D eigenvalue weighted by molar-refractivity contribution is 5.70. The van der Waals surface area contributed by atoms with Gasteiger partial charge in [-0.1, -0.05) is 83.2 Å². The monoisotopic (exact) mass is 427 g/mol. The lowest BCUT2D eigenvalue weighted by Gasteiger charge is -2.35. The Morgan fingerprint density at radius 2 is 1.94 bits per heavy atom. The summed E-state index contributed by atoms with van der Waals surface area (Å²) in [5, 5.41) is 21.1. The van der Waals surface area contributed by atoms with Crippen LogP contribution in [0, 0.1) is 17.8 Å². The van der Waals surface area contributed by atoms with Crippen molar-refractivity contribution in [3.05, 3.63) is 52.4 Å². The second-order valence-electron chi connectivity index (χ2n) is 9.31. The van der Waals surface area contributed by atoms with Crippen molar-refractivity contribution in [3.63, 3.8) is 0 Å². The van der Waals surface area contributed by atoms with Gasteiger partial charge in [0.2, 0.25) is 0 Å². The molecule has 3 rings (SSSR count). The summed E-state index contributed by atoms with van der Waals surface area (Å²) in [5.41, 5.74) is 0.709. The lowest BCUT2D eigenvalue weighted by atomic mass is 9.83. The number of rotatable bonds is 9. The van der Waals surface area contributed by atoms with Crippen LogP contribution in [0.2, 0.25) is 0 Å². The molecule has 1 aliphatic rings. The summed E-state index contributed by atoms with van der Waals surface area (Å²) in [6.07, 6.45) is 9.16. The van der Waals surface area contributed by atoms with Gasteiger partial charge in [-0.25, -0.2) is 0 Å². The van der Waals surface area contributed by atoms with Gasteiger partial charge in [0.05, 0.1) is 24.5 Å². The highest BCUT2D eigenvalue weighted by Gasteiger charge is 2.34. The van der Waals surface area contributed by atoms with Gasteiger partial charge in [-0.3, -0.25) is 4.79 Å². The molecule has 4 atom stereocenters. The van der Waals surface area contributed by atoms with Crippen LogP contribution in [0.3, 0.4) is 0 Å². The smallest absolute Gasteiger partial charge is 0.292 e. The van der Waals surface area contributed by atoms with E-state index in [9.17, 15) is 15.1 Å². The van der Waals surface area contributed by atoms with Gasteiger partial charge in [0.15, 0.2) is 0 Å². The zero-order valence-electron chi connectivity index (χ0n) is 19.1. The highest BCUT2D eigenvalue weighted by atomic mass is 16.5. The van der Waals surface area contributed by atoms with Crippen molar-refractivity contribution >= 4 is 0 Å². The van der Waals surface area contributed by atoms with Gasteiger partial charge in [-0.2, -0.15) is 4.73 Å². The molecule has 1 aliphatic heterocycles. The van der Waals surface area contributed by atoms with E-state index in [1.54, 1.807) is 0 Å². The molecule has 2 heterocycles. The van der Waals surface area contributed by atoms with E-state index in [-0.39, 0.29) is 17.2 Å². The normalized spacial score (nSPS) is 22.4. The summed E-state index contributed by atoms with van der Waals surface area (Å²) in [6.45, 7) is 7.22. The van der Waals surface area contributed by atoms with E-state index < -0.39 is 11.7 Å². The molecule has 1 aromatic carbocycles. The van der Waals surface area contributed by atoms with Crippen LogP contribution in [0.15, 0.2) is 41.3 Å². The number of ether oxygens (including phenoxy) is 1. The third kappa shape index (κ3) is 5.70. The second-order valence-corrected chi connectivity index (χ2v) is 9.31. The van der Waals surface area contributed by atoms with E-state index in [1.807, 2.05) is 30.3 Å². The molecule has 1 saturated heterocycles. The lowest BCUT2D eigenvalue weighted by Crippen LogP contribution is -2.33. The molecular formula is C26H37NO4. The first-order chi connectivity index (χ1) is 14.9. The average Bonchev–Trinajstić information content (AvgIpc) is 2.77. The number of hydrogen-bond acceptors (Lipinski definition) is 4. The maximum Gasteiger partial charge on any atom is 0.292 e. The number of aromatic nitrogens is 1. The van der Waals surface area contributed by atoms with Gasteiger partial charge < -0.3 is 15.1 Å². The van der Waals surface area contributed by atoms with Crippen molar-refractivity contribution in [2.24, 2.45) is 17.8 Å². The first kappa shape index (κ1) is 23.4.